The minimum absolute atomic E-state index is 0.192. The molecule has 0 saturated carbocycles. The van der Waals surface area contributed by atoms with Gasteiger partial charge < -0.3 is 9.84 Å². The van der Waals surface area contributed by atoms with Gasteiger partial charge in [0.2, 0.25) is 0 Å². The highest BCUT2D eigenvalue weighted by atomic mass is 19.1. The Kier molecular flexibility index (Phi) is 5.40. The second-order valence-electron chi connectivity index (χ2n) is 7.16. The fourth-order valence-corrected chi connectivity index (χ4v) is 3.35. The van der Waals surface area contributed by atoms with Gasteiger partial charge in [0.15, 0.2) is 0 Å². The summed E-state index contributed by atoms with van der Waals surface area (Å²) in [7, 11) is 0. The number of piperidine rings is 1. The van der Waals surface area contributed by atoms with Gasteiger partial charge in [0, 0.05) is 18.7 Å². The number of ether oxygens (including phenoxy) is 1. The summed E-state index contributed by atoms with van der Waals surface area (Å²) in [6.45, 7) is 6.23. The van der Waals surface area contributed by atoms with Crippen molar-refractivity contribution in [2.45, 2.75) is 38.8 Å². The van der Waals surface area contributed by atoms with Gasteiger partial charge in [-0.2, -0.15) is 0 Å². The zero-order valence-electron chi connectivity index (χ0n) is 15.0. The number of hydrogen-bond acceptors (Lipinski definition) is 3. The predicted molar refractivity (Wildman–Crippen MR) is 97.3 cm³/mol. The van der Waals surface area contributed by atoms with Crippen LogP contribution in [-0.2, 0) is 6.54 Å². The number of halogens is 1. The van der Waals surface area contributed by atoms with Crippen LogP contribution < -0.4 is 4.74 Å². The van der Waals surface area contributed by atoms with Gasteiger partial charge in [0.05, 0.1) is 0 Å². The molecule has 4 heteroatoms. The topological polar surface area (TPSA) is 32.7 Å². The smallest absolute Gasteiger partial charge is 0.127 e. The molecule has 25 heavy (non-hydrogen) atoms. The lowest BCUT2D eigenvalue weighted by Crippen LogP contribution is -2.51. The van der Waals surface area contributed by atoms with E-state index in [0.29, 0.717) is 25.1 Å². The number of likely N-dealkylation sites (tertiary alicyclic amines) is 1. The van der Waals surface area contributed by atoms with Crippen LogP contribution in [0.2, 0.25) is 0 Å². The summed E-state index contributed by atoms with van der Waals surface area (Å²) in [5.41, 5.74) is 2.17. The van der Waals surface area contributed by atoms with Crippen LogP contribution >= 0.6 is 0 Å². The molecule has 1 fully saturated rings. The maximum Gasteiger partial charge on any atom is 0.127 e. The molecule has 3 rings (SSSR count). The second kappa shape index (κ2) is 7.54. The number of aliphatic hydroxyl groups is 1. The summed E-state index contributed by atoms with van der Waals surface area (Å²) in [5, 5.41) is 10.9. The maximum absolute atomic E-state index is 13.9. The third kappa shape index (κ3) is 4.59. The number of benzene rings is 2. The highest BCUT2D eigenvalue weighted by molar-refractivity contribution is 5.33. The van der Waals surface area contributed by atoms with Crippen LogP contribution in [0.5, 0.6) is 5.75 Å². The molecular weight excluding hydrogens is 317 g/mol. The monoisotopic (exact) mass is 343 g/mol. The van der Waals surface area contributed by atoms with E-state index in [9.17, 15) is 9.50 Å². The van der Waals surface area contributed by atoms with Crippen molar-refractivity contribution in [3.05, 3.63) is 65.0 Å². The Morgan fingerprint density at radius 1 is 1.16 bits per heavy atom. The van der Waals surface area contributed by atoms with E-state index in [1.54, 1.807) is 12.1 Å². The Morgan fingerprint density at radius 2 is 1.96 bits per heavy atom. The van der Waals surface area contributed by atoms with E-state index >= 15 is 0 Å². The molecule has 0 amide bonds. The molecule has 1 heterocycles. The van der Waals surface area contributed by atoms with Crippen LogP contribution in [0.1, 0.15) is 29.5 Å². The molecule has 0 spiro atoms. The molecule has 1 aliphatic rings. The first-order valence-electron chi connectivity index (χ1n) is 8.83. The van der Waals surface area contributed by atoms with E-state index in [1.165, 1.54) is 17.2 Å². The zero-order chi connectivity index (χ0) is 17.9. The standard InChI is InChI=1S/C21H26FNO2/c1-16-8-9-19(12-17(16)2)25-15-21(24)10-5-11-23(14-21)13-18-6-3-4-7-20(18)22/h3-4,6-9,12,24H,5,10-11,13-15H2,1-2H3. The predicted octanol–water partition coefficient (Wildman–Crippen LogP) is 3.85. The van der Waals surface area contributed by atoms with Crippen molar-refractivity contribution in [1.82, 2.24) is 4.90 Å². The lowest BCUT2D eigenvalue weighted by atomic mass is 9.93. The Balaban J connectivity index is 1.61. The SMILES string of the molecule is Cc1ccc(OCC2(O)CCCN(Cc3ccccc3F)C2)cc1C. The van der Waals surface area contributed by atoms with Crippen molar-refractivity contribution >= 4 is 0 Å². The van der Waals surface area contributed by atoms with E-state index in [1.807, 2.05) is 31.2 Å². The first kappa shape index (κ1) is 17.9. The van der Waals surface area contributed by atoms with Crippen LogP contribution in [0.3, 0.4) is 0 Å². The molecule has 0 radical (unpaired) electrons. The summed E-state index contributed by atoms with van der Waals surface area (Å²) in [6, 6.07) is 12.8. The Morgan fingerprint density at radius 3 is 2.72 bits per heavy atom. The summed E-state index contributed by atoms with van der Waals surface area (Å²) < 4.78 is 19.7. The number of hydrogen-bond donors (Lipinski definition) is 1. The first-order valence-corrected chi connectivity index (χ1v) is 8.83. The molecule has 1 unspecified atom stereocenters. The van der Waals surface area contributed by atoms with Crippen LogP contribution in [-0.4, -0.2) is 35.3 Å². The van der Waals surface area contributed by atoms with Crippen molar-refractivity contribution in [1.29, 1.82) is 0 Å². The van der Waals surface area contributed by atoms with E-state index in [-0.39, 0.29) is 12.4 Å². The molecule has 1 saturated heterocycles. The van der Waals surface area contributed by atoms with Gasteiger partial charge >= 0.3 is 0 Å². The second-order valence-corrected chi connectivity index (χ2v) is 7.16. The third-order valence-electron chi connectivity index (χ3n) is 4.97. The van der Waals surface area contributed by atoms with Crippen LogP contribution in [0.25, 0.3) is 0 Å². The van der Waals surface area contributed by atoms with Gasteiger partial charge in [0.1, 0.15) is 23.8 Å². The largest absolute Gasteiger partial charge is 0.491 e. The number of aryl methyl sites for hydroxylation is 2. The number of β-amino-alcohol motifs (C(OH)–C–C–N with tert-alkyl or cyclic N) is 1. The molecule has 1 aliphatic heterocycles. The molecule has 0 aliphatic carbocycles. The molecule has 2 aromatic rings. The normalized spacial score (nSPS) is 21.3. The van der Waals surface area contributed by atoms with Crippen LogP contribution in [0, 0.1) is 19.7 Å². The molecule has 1 atom stereocenters. The lowest BCUT2D eigenvalue weighted by molar-refractivity contribution is -0.0623. The van der Waals surface area contributed by atoms with Crippen LogP contribution in [0.15, 0.2) is 42.5 Å². The van der Waals surface area contributed by atoms with E-state index < -0.39 is 5.60 Å². The van der Waals surface area contributed by atoms with E-state index in [0.717, 1.165) is 18.7 Å². The molecular formula is C21H26FNO2. The maximum atomic E-state index is 13.9. The summed E-state index contributed by atoms with van der Waals surface area (Å²) in [4.78, 5) is 2.10. The van der Waals surface area contributed by atoms with Gasteiger partial charge in [0.25, 0.3) is 0 Å². The Bertz CT molecular complexity index is 734. The fourth-order valence-electron chi connectivity index (χ4n) is 3.35. The molecule has 1 N–H and O–H groups in total. The van der Waals surface area contributed by atoms with Crippen molar-refractivity contribution in [2.24, 2.45) is 0 Å². The van der Waals surface area contributed by atoms with Crippen molar-refractivity contribution < 1.29 is 14.2 Å². The average molecular weight is 343 g/mol. The van der Waals surface area contributed by atoms with Gasteiger partial charge in [-0.25, -0.2) is 4.39 Å². The number of nitrogens with zero attached hydrogens (tertiary/aromatic N) is 1. The molecule has 2 aromatic carbocycles. The van der Waals surface area contributed by atoms with E-state index in [2.05, 4.69) is 11.8 Å². The van der Waals surface area contributed by atoms with E-state index in [4.69, 9.17) is 4.74 Å². The lowest BCUT2D eigenvalue weighted by Gasteiger charge is -2.39. The Labute approximate surface area is 149 Å². The molecule has 3 nitrogen and oxygen atoms in total. The van der Waals surface area contributed by atoms with Gasteiger partial charge in [-0.1, -0.05) is 24.3 Å². The summed E-state index contributed by atoms with van der Waals surface area (Å²) in [5.74, 6) is 0.589. The zero-order valence-corrected chi connectivity index (χ0v) is 15.0. The average Bonchev–Trinajstić information content (AvgIpc) is 2.58. The molecule has 0 aromatic heterocycles. The summed E-state index contributed by atoms with van der Waals surface area (Å²) >= 11 is 0. The van der Waals surface area contributed by atoms with Gasteiger partial charge in [-0.15, -0.1) is 0 Å². The minimum Gasteiger partial charge on any atom is -0.491 e. The molecule has 0 bridgehead atoms. The highest BCUT2D eigenvalue weighted by Crippen LogP contribution is 2.25. The third-order valence-corrected chi connectivity index (χ3v) is 4.97. The van der Waals surface area contributed by atoms with Crippen LogP contribution in [0.4, 0.5) is 4.39 Å². The Hall–Kier alpha value is -1.91. The highest BCUT2D eigenvalue weighted by Gasteiger charge is 2.34. The fraction of sp³-hybridized carbons (Fsp3) is 0.429. The van der Waals surface area contributed by atoms with Crippen molar-refractivity contribution in [2.75, 3.05) is 19.7 Å². The van der Waals surface area contributed by atoms with Crippen molar-refractivity contribution in [3.63, 3.8) is 0 Å². The van der Waals surface area contributed by atoms with Crippen molar-refractivity contribution in [3.8, 4) is 5.75 Å². The van der Waals surface area contributed by atoms with Gasteiger partial charge in [-0.3, -0.25) is 4.90 Å². The quantitative estimate of drug-likeness (QED) is 0.895. The van der Waals surface area contributed by atoms with Gasteiger partial charge in [-0.05, 0) is 62.6 Å². The number of rotatable bonds is 5. The molecule has 134 valence electrons. The summed E-state index contributed by atoms with van der Waals surface area (Å²) in [6.07, 6.45) is 1.58. The minimum atomic E-state index is -0.900. The first-order chi connectivity index (χ1) is 12.0.